The number of hydrazine groups is 1. The topological polar surface area (TPSA) is 41.5 Å². The molecule has 1 saturated heterocycles. The molecule has 0 aromatic carbocycles. The molecule has 2 aliphatic heterocycles. The molecule has 3 rings (SSSR count). The molecule has 1 fully saturated rings. The molecule has 1 aromatic rings. The van der Waals surface area contributed by atoms with E-state index in [9.17, 15) is 0 Å². The van der Waals surface area contributed by atoms with Gasteiger partial charge in [0, 0.05) is 30.1 Å². The number of aromatic nitrogens is 2. The third-order valence-corrected chi connectivity index (χ3v) is 4.63. The fraction of sp³-hybridized carbons (Fsp3) is 0.636. The number of halogens is 1. The minimum absolute atomic E-state index is 0.0120. The van der Waals surface area contributed by atoms with Gasteiger partial charge in [-0.2, -0.15) is 0 Å². The Morgan fingerprint density at radius 1 is 1.50 bits per heavy atom. The maximum Gasteiger partial charge on any atom is 0.155 e. The number of rotatable bonds is 2. The van der Waals surface area contributed by atoms with Crippen molar-refractivity contribution in [3.05, 3.63) is 18.1 Å². The van der Waals surface area contributed by atoms with Gasteiger partial charge in [-0.3, -0.25) is 0 Å². The molecule has 0 aliphatic carbocycles. The number of hydrogen-bond donors (Lipinski definition) is 0. The van der Waals surface area contributed by atoms with E-state index in [1.54, 1.807) is 22.6 Å². The first-order valence-corrected chi connectivity index (χ1v) is 7.64. The van der Waals surface area contributed by atoms with Crippen LogP contribution in [0.4, 0.5) is 5.82 Å². The first kappa shape index (κ1) is 12.5. The number of fused-ring (bicyclic) bond motifs is 1. The standard InChI is InChI=1S/C11H15ClN4OS/c1-18-11-8-6-13-7-14-10(8)15(16(11)12)9-4-2-3-5-17-9/h6-7,9,11H,2-5H2,1H3. The van der Waals surface area contributed by atoms with E-state index in [2.05, 4.69) is 9.97 Å². The second kappa shape index (κ2) is 5.21. The van der Waals surface area contributed by atoms with Crippen molar-refractivity contribution in [1.29, 1.82) is 0 Å². The van der Waals surface area contributed by atoms with E-state index < -0.39 is 0 Å². The van der Waals surface area contributed by atoms with E-state index in [0.29, 0.717) is 0 Å². The summed E-state index contributed by atoms with van der Waals surface area (Å²) in [7, 11) is 0. The monoisotopic (exact) mass is 286 g/mol. The van der Waals surface area contributed by atoms with Crippen LogP contribution in [0.15, 0.2) is 12.5 Å². The summed E-state index contributed by atoms with van der Waals surface area (Å²) >= 11 is 8.10. The predicted octanol–water partition coefficient (Wildman–Crippen LogP) is 2.56. The summed E-state index contributed by atoms with van der Waals surface area (Å²) in [6.45, 7) is 0.788. The lowest BCUT2D eigenvalue weighted by Gasteiger charge is -2.35. The summed E-state index contributed by atoms with van der Waals surface area (Å²) in [6.07, 6.45) is 8.67. The van der Waals surface area contributed by atoms with E-state index in [0.717, 1.165) is 37.3 Å². The third kappa shape index (κ3) is 1.97. The summed E-state index contributed by atoms with van der Waals surface area (Å²) in [5, 5.41) is 2.01. The highest BCUT2D eigenvalue weighted by atomic mass is 35.5. The average molecular weight is 287 g/mol. The maximum atomic E-state index is 6.43. The summed E-state index contributed by atoms with van der Waals surface area (Å²) < 4.78 is 7.51. The number of anilines is 1. The molecule has 0 amide bonds. The Morgan fingerprint density at radius 3 is 3.11 bits per heavy atom. The van der Waals surface area contributed by atoms with Gasteiger partial charge in [-0.25, -0.2) is 15.0 Å². The minimum atomic E-state index is -0.0120. The van der Waals surface area contributed by atoms with Crippen LogP contribution in [0.3, 0.4) is 0 Å². The van der Waals surface area contributed by atoms with Crippen molar-refractivity contribution < 1.29 is 4.74 Å². The van der Waals surface area contributed by atoms with Crippen LogP contribution < -0.4 is 5.01 Å². The molecular weight excluding hydrogens is 272 g/mol. The zero-order valence-corrected chi connectivity index (χ0v) is 11.7. The van der Waals surface area contributed by atoms with E-state index in [-0.39, 0.29) is 11.6 Å². The Bertz CT molecular complexity index is 427. The van der Waals surface area contributed by atoms with Gasteiger partial charge in [0.2, 0.25) is 0 Å². The number of hydrogen-bond acceptors (Lipinski definition) is 6. The highest BCUT2D eigenvalue weighted by Crippen LogP contribution is 2.46. The van der Waals surface area contributed by atoms with Crippen molar-refractivity contribution in [3.8, 4) is 0 Å². The molecule has 3 heterocycles. The first-order valence-electron chi connectivity index (χ1n) is 6.01. The van der Waals surface area contributed by atoms with Crippen LogP contribution >= 0.6 is 23.5 Å². The molecule has 0 bridgehead atoms. The van der Waals surface area contributed by atoms with E-state index in [1.165, 1.54) is 0 Å². The highest BCUT2D eigenvalue weighted by Gasteiger charge is 2.41. The molecule has 2 aliphatic rings. The van der Waals surface area contributed by atoms with Gasteiger partial charge in [0.15, 0.2) is 5.82 Å². The Morgan fingerprint density at radius 2 is 2.39 bits per heavy atom. The fourth-order valence-corrected chi connectivity index (χ4v) is 3.62. The Hall–Kier alpha value is -0.560. The van der Waals surface area contributed by atoms with Crippen molar-refractivity contribution in [3.63, 3.8) is 0 Å². The van der Waals surface area contributed by atoms with Gasteiger partial charge >= 0.3 is 0 Å². The van der Waals surface area contributed by atoms with Gasteiger partial charge < -0.3 is 4.74 Å². The molecule has 2 unspecified atom stereocenters. The minimum Gasteiger partial charge on any atom is -0.357 e. The molecule has 18 heavy (non-hydrogen) atoms. The van der Waals surface area contributed by atoms with Crippen LogP contribution in [0.5, 0.6) is 0 Å². The molecule has 0 saturated carbocycles. The second-order valence-electron chi connectivity index (χ2n) is 4.34. The molecule has 0 radical (unpaired) electrons. The van der Waals surface area contributed by atoms with Crippen molar-refractivity contribution in [2.75, 3.05) is 17.9 Å². The largest absolute Gasteiger partial charge is 0.357 e. The molecule has 1 aromatic heterocycles. The summed E-state index contributed by atoms with van der Waals surface area (Å²) in [5.41, 5.74) is 1.05. The van der Waals surface area contributed by atoms with E-state index >= 15 is 0 Å². The fourth-order valence-electron chi connectivity index (χ4n) is 2.41. The Kier molecular flexibility index (Phi) is 3.61. The van der Waals surface area contributed by atoms with Crippen LogP contribution in [-0.4, -0.2) is 33.6 Å². The van der Waals surface area contributed by atoms with Crippen molar-refractivity contribution >= 4 is 29.4 Å². The van der Waals surface area contributed by atoms with Gasteiger partial charge in [-0.1, -0.05) is 0 Å². The Balaban J connectivity index is 1.94. The maximum absolute atomic E-state index is 6.43. The average Bonchev–Trinajstić information content (AvgIpc) is 2.71. The normalized spacial score (nSPS) is 28.4. The first-order chi connectivity index (χ1) is 8.83. The zero-order valence-electron chi connectivity index (χ0n) is 10.1. The third-order valence-electron chi connectivity index (χ3n) is 3.25. The molecule has 5 nitrogen and oxygen atoms in total. The summed E-state index contributed by atoms with van der Waals surface area (Å²) in [6, 6.07) is 0. The van der Waals surface area contributed by atoms with Crippen LogP contribution in [0, 0.1) is 0 Å². The van der Waals surface area contributed by atoms with E-state index in [1.807, 2.05) is 17.5 Å². The summed E-state index contributed by atoms with van der Waals surface area (Å²) in [5.74, 6) is 0.867. The second-order valence-corrected chi connectivity index (χ2v) is 5.61. The van der Waals surface area contributed by atoms with Gasteiger partial charge in [0.25, 0.3) is 0 Å². The molecule has 7 heteroatoms. The molecule has 2 atom stereocenters. The SMILES string of the molecule is CSC1c2cncnc2N(C2CCCCO2)N1Cl. The molecule has 0 spiro atoms. The van der Waals surface area contributed by atoms with Gasteiger partial charge in [-0.05, 0) is 25.5 Å². The molecule has 98 valence electrons. The number of ether oxygens (including phenoxy) is 1. The van der Waals surface area contributed by atoms with Crippen LogP contribution in [0.2, 0.25) is 0 Å². The lowest BCUT2D eigenvalue weighted by atomic mass is 10.2. The van der Waals surface area contributed by atoms with Gasteiger partial charge in [-0.15, -0.1) is 16.3 Å². The highest BCUT2D eigenvalue weighted by molar-refractivity contribution is 7.98. The van der Waals surface area contributed by atoms with E-state index in [4.69, 9.17) is 16.5 Å². The smallest absolute Gasteiger partial charge is 0.155 e. The Labute approximate surface area is 116 Å². The van der Waals surface area contributed by atoms with Crippen LogP contribution in [0.25, 0.3) is 0 Å². The molecular formula is C11H15ClN4OS. The van der Waals surface area contributed by atoms with Crippen molar-refractivity contribution in [2.24, 2.45) is 0 Å². The predicted molar refractivity (Wildman–Crippen MR) is 72.1 cm³/mol. The van der Waals surface area contributed by atoms with Gasteiger partial charge in [0.1, 0.15) is 17.9 Å². The summed E-state index contributed by atoms with van der Waals surface area (Å²) in [4.78, 5) is 8.45. The van der Waals surface area contributed by atoms with Crippen LogP contribution in [-0.2, 0) is 4.74 Å². The lowest BCUT2D eigenvalue weighted by molar-refractivity contribution is -0.00354. The van der Waals surface area contributed by atoms with Gasteiger partial charge in [0.05, 0.1) is 0 Å². The number of thioether (sulfide) groups is 1. The zero-order chi connectivity index (χ0) is 12.5. The van der Waals surface area contributed by atoms with Crippen LogP contribution in [0.1, 0.15) is 30.2 Å². The quantitative estimate of drug-likeness (QED) is 0.779. The van der Waals surface area contributed by atoms with Crippen molar-refractivity contribution in [2.45, 2.75) is 30.9 Å². The number of nitrogens with zero attached hydrogens (tertiary/aromatic N) is 4. The van der Waals surface area contributed by atoms with Crippen molar-refractivity contribution in [1.82, 2.24) is 14.5 Å². The molecule has 0 N–H and O–H groups in total. The lowest BCUT2D eigenvalue weighted by Crippen LogP contribution is -2.44.